The fraction of sp³-hybridized carbons (Fsp3) is 0.500. The number of aromatic nitrogens is 2. The first kappa shape index (κ1) is 19.6. The molecule has 27 heavy (non-hydrogen) atoms. The molecule has 1 aromatic heterocycles. The van der Waals surface area contributed by atoms with Gasteiger partial charge in [-0.3, -0.25) is 4.90 Å². The molecule has 1 saturated heterocycles. The zero-order chi connectivity index (χ0) is 19.6. The summed E-state index contributed by atoms with van der Waals surface area (Å²) in [5.74, 6) is 0.581. The number of aliphatic hydroxyl groups is 1. The van der Waals surface area contributed by atoms with Crippen LogP contribution >= 0.6 is 0 Å². The Kier molecular flexibility index (Phi) is 6.01. The lowest BCUT2D eigenvalue weighted by Gasteiger charge is -2.36. The van der Waals surface area contributed by atoms with Crippen LogP contribution in [0.5, 0.6) is 0 Å². The van der Waals surface area contributed by atoms with E-state index in [1.54, 1.807) is 0 Å². The number of halogens is 2. The minimum Gasteiger partial charge on any atom is -0.387 e. The van der Waals surface area contributed by atoms with E-state index in [0.29, 0.717) is 13.1 Å². The first-order valence-electron chi connectivity index (χ1n) is 9.30. The van der Waals surface area contributed by atoms with Crippen molar-refractivity contribution in [3.05, 3.63) is 53.0 Å². The Labute approximate surface area is 158 Å². The predicted octanol–water partition coefficient (Wildman–Crippen LogP) is 3.04. The maximum atomic E-state index is 13.8. The maximum absolute atomic E-state index is 13.8. The lowest BCUT2D eigenvalue weighted by molar-refractivity contribution is 0.103. The highest BCUT2D eigenvalue weighted by atomic mass is 19.1. The van der Waals surface area contributed by atoms with Gasteiger partial charge in [-0.1, -0.05) is 19.9 Å². The van der Waals surface area contributed by atoms with E-state index in [1.807, 2.05) is 17.9 Å². The Morgan fingerprint density at radius 3 is 2.30 bits per heavy atom. The fourth-order valence-corrected chi connectivity index (χ4v) is 3.32. The third-order valence-electron chi connectivity index (χ3n) is 4.83. The van der Waals surface area contributed by atoms with Gasteiger partial charge in [0.1, 0.15) is 23.3 Å². The van der Waals surface area contributed by atoms with Gasteiger partial charge in [0.05, 0.1) is 11.7 Å². The Balaban J connectivity index is 1.62. The summed E-state index contributed by atoms with van der Waals surface area (Å²) in [5, 5.41) is 10.3. The SMILES string of the molecule is Cc1cc(N2CCN(CC(O)c3c(F)cccc3F)CC2)nc(C(C)C)n1. The van der Waals surface area contributed by atoms with E-state index < -0.39 is 17.7 Å². The molecule has 5 nitrogen and oxygen atoms in total. The van der Waals surface area contributed by atoms with Crippen molar-refractivity contribution < 1.29 is 13.9 Å². The van der Waals surface area contributed by atoms with Crippen LogP contribution in [-0.4, -0.2) is 52.7 Å². The second-order valence-corrected chi connectivity index (χ2v) is 7.32. The van der Waals surface area contributed by atoms with E-state index >= 15 is 0 Å². The highest BCUT2D eigenvalue weighted by molar-refractivity contribution is 5.40. The number of β-amino-alcohol motifs (C(OH)–C–C–N with tert-alkyl or cyclic N) is 1. The van der Waals surface area contributed by atoms with Crippen LogP contribution in [0.1, 0.15) is 43.0 Å². The molecule has 1 aliphatic rings. The van der Waals surface area contributed by atoms with Crippen LogP contribution in [0.15, 0.2) is 24.3 Å². The Hall–Kier alpha value is -2.12. The highest BCUT2D eigenvalue weighted by Gasteiger charge is 2.24. The number of aryl methyl sites for hydroxylation is 1. The molecule has 3 rings (SSSR count). The van der Waals surface area contributed by atoms with Crippen LogP contribution < -0.4 is 4.90 Å². The number of rotatable bonds is 5. The van der Waals surface area contributed by atoms with Gasteiger partial charge in [-0.2, -0.15) is 0 Å². The van der Waals surface area contributed by atoms with E-state index in [9.17, 15) is 13.9 Å². The van der Waals surface area contributed by atoms with Gasteiger partial charge in [-0.05, 0) is 19.1 Å². The second kappa shape index (κ2) is 8.27. The number of nitrogens with zero attached hydrogens (tertiary/aromatic N) is 4. The molecule has 0 spiro atoms. The van der Waals surface area contributed by atoms with Gasteiger partial charge >= 0.3 is 0 Å². The zero-order valence-electron chi connectivity index (χ0n) is 16.0. The Morgan fingerprint density at radius 2 is 1.70 bits per heavy atom. The van der Waals surface area contributed by atoms with Crippen molar-refractivity contribution in [3.63, 3.8) is 0 Å². The number of anilines is 1. The summed E-state index contributed by atoms with van der Waals surface area (Å²) < 4.78 is 27.7. The van der Waals surface area contributed by atoms with Crippen LogP contribution in [0.3, 0.4) is 0 Å². The summed E-state index contributed by atoms with van der Waals surface area (Å²) in [7, 11) is 0. The molecule has 0 saturated carbocycles. The molecule has 1 aromatic carbocycles. The molecule has 0 amide bonds. The van der Waals surface area contributed by atoms with Gasteiger partial charge in [0.2, 0.25) is 0 Å². The topological polar surface area (TPSA) is 52.5 Å². The maximum Gasteiger partial charge on any atom is 0.133 e. The molecule has 7 heteroatoms. The van der Waals surface area contributed by atoms with Gasteiger partial charge in [-0.15, -0.1) is 0 Å². The first-order chi connectivity index (χ1) is 12.8. The lowest BCUT2D eigenvalue weighted by atomic mass is 10.1. The van der Waals surface area contributed by atoms with Gasteiger partial charge in [0.25, 0.3) is 0 Å². The van der Waals surface area contributed by atoms with Crippen LogP contribution in [0.4, 0.5) is 14.6 Å². The van der Waals surface area contributed by atoms with Crippen molar-refractivity contribution in [2.24, 2.45) is 0 Å². The average Bonchev–Trinajstić information content (AvgIpc) is 2.61. The van der Waals surface area contributed by atoms with Gasteiger partial charge in [-0.25, -0.2) is 18.7 Å². The molecule has 1 atom stereocenters. The third kappa shape index (κ3) is 4.59. The molecule has 1 N–H and O–H groups in total. The molecule has 1 fully saturated rings. The van der Waals surface area contributed by atoms with E-state index in [4.69, 9.17) is 0 Å². The van der Waals surface area contributed by atoms with Crippen molar-refractivity contribution in [1.82, 2.24) is 14.9 Å². The van der Waals surface area contributed by atoms with Crippen LogP contribution in [0, 0.1) is 18.6 Å². The van der Waals surface area contributed by atoms with E-state index in [1.165, 1.54) is 18.2 Å². The van der Waals surface area contributed by atoms with Gasteiger partial charge in [0, 0.05) is 50.4 Å². The van der Waals surface area contributed by atoms with E-state index in [-0.39, 0.29) is 18.0 Å². The van der Waals surface area contributed by atoms with E-state index in [0.717, 1.165) is 30.4 Å². The molecule has 0 radical (unpaired) electrons. The monoisotopic (exact) mass is 376 g/mol. The molecule has 0 aliphatic carbocycles. The summed E-state index contributed by atoms with van der Waals surface area (Å²) in [6.45, 7) is 9.15. The predicted molar refractivity (Wildman–Crippen MR) is 101 cm³/mol. The summed E-state index contributed by atoms with van der Waals surface area (Å²) in [6, 6.07) is 5.62. The molecule has 0 bridgehead atoms. The molecular weight excluding hydrogens is 350 g/mol. The van der Waals surface area contributed by atoms with Crippen molar-refractivity contribution in [2.75, 3.05) is 37.6 Å². The number of benzene rings is 1. The minimum absolute atomic E-state index is 0.200. The molecule has 1 aliphatic heterocycles. The summed E-state index contributed by atoms with van der Waals surface area (Å²) in [4.78, 5) is 13.3. The molecule has 146 valence electrons. The highest BCUT2D eigenvalue weighted by Crippen LogP contribution is 2.23. The van der Waals surface area contributed by atoms with Crippen LogP contribution in [0.25, 0.3) is 0 Å². The van der Waals surface area contributed by atoms with Gasteiger partial charge < -0.3 is 10.0 Å². The van der Waals surface area contributed by atoms with Crippen molar-refractivity contribution in [1.29, 1.82) is 0 Å². The second-order valence-electron chi connectivity index (χ2n) is 7.32. The summed E-state index contributed by atoms with van der Waals surface area (Å²) in [6.07, 6.45) is -1.19. The Morgan fingerprint density at radius 1 is 1.07 bits per heavy atom. The van der Waals surface area contributed by atoms with Crippen molar-refractivity contribution in [2.45, 2.75) is 32.8 Å². The number of piperazine rings is 1. The number of aliphatic hydroxyl groups excluding tert-OH is 1. The number of hydrogen-bond acceptors (Lipinski definition) is 5. The molecule has 2 heterocycles. The summed E-state index contributed by atoms with van der Waals surface area (Å²) >= 11 is 0. The molecule has 1 unspecified atom stereocenters. The third-order valence-corrected chi connectivity index (χ3v) is 4.83. The quantitative estimate of drug-likeness (QED) is 0.869. The van der Waals surface area contributed by atoms with Crippen molar-refractivity contribution >= 4 is 5.82 Å². The normalized spacial score (nSPS) is 16.8. The molecular formula is C20H26F2N4O. The van der Waals surface area contributed by atoms with Crippen LogP contribution in [0.2, 0.25) is 0 Å². The smallest absolute Gasteiger partial charge is 0.133 e. The van der Waals surface area contributed by atoms with Crippen molar-refractivity contribution in [3.8, 4) is 0 Å². The van der Waals surface area contributed by atoms with E-state index in [2.05, 4.69) is 28.7 Å². The fourth-order valence-electron chi connectivity index (χ4n) is 3.32. The zero-order valence-corrected chi connectivity index (χ0v) is 16.0. The minimum atomic E-state index is -1.19. The Bertz CT molecular complexity index is 771. The summed E-state index contributed by atoms with van der Waals surface area (Å²) in [5.41, 5.74) is 0.685. The lowest BCUT2D eigenvalue weighted by Crippen LogP contribution is -2.48. The van der Waals surface area contributed by atoms with Crippen LogP contribution in [-0.2, 0) is 0 Å². The van der Waals surface area contributed by atoms with Gasteiger partial charge in [0.15, 0.2) is 0 Å². The molecule has 2 aromatic rings. The standard InChI is InChI=1S/C20H26F2N4O/c1-13(2)20-23-14(3)11-18(24-20)26-9-7-25(8-10-26)12-17(27)19-15(21)5-4-6-16(19)22/h4-6,11,13,17,27H,7-10,12H2,1-3H3. The number of hydrogen-bond donors (Lipinski definition) is 1. The largest absolute Gasteiger partial charge is 0.387 e. The average molecular weight is 376 g/mol. The first-order valence-corrected chi connectivity index (χ1v) is 9.30.